The van der Waals surface area contributed by atoms with Gasteiger partial charge in [-0.2, -0.15) is 0 Å². The van der Waals surface area contributed by atoms with Gasteiger partial charge in [-0.15, -0.1) is 0 Å². The lowest BCUT2D eigenvalue weighted by Gasteiger charge is -2.40. The highest BCUT2D eigenvalue weighted by Gasteiger charge is 2.28. The van der Waals surface area contributed by atoms with Crippen LogP contribution in [0.25, 0.3) is 0 Å². The molecule has 1 aliphatic carbocycles. The van der Waals surface area contributed by atoms with Gasteiger partial charge in [0.05, 0.1) is 12.1 Å². The molecule has 0 aromatic carbocycles. The van der Waals surface area contributed by atoms with Crippen molar-refractivity contribution in [2.24, 2.45) is 0 Å². The van der Waals surface area contributed by atoms with Gasteiger partial charge in [0.1, 0.15) is 0 Å². The zero-order valence-electron chi connectivity index (χ0n) is 13.8. The summed E-state index contributed by atoms with van der Waals surface area (Å²) in [4.78, 5) is 14.9. The van der Waals surface area contributed by atoms with E-state index in [2.05, 4.69) is 15.4 Å². The number of carbonyl (C=O) groups is 1. The maximum atomic E-state index is 12.3. The smallest absolute Gasteiger partial charge is 0.229 e. The number of piperidine rings is 1. The van der Waals surface area contributed by atoms with Crippen LogP contribution < -0.4 is 5.32 Å². The molecule has 2 aliphatic rings. The molecule has 1 saturated carbocycles. The molecule has 1 aliphatic heterocycles. The molecule has 128 valence electrons. The van der Waals surface area contributed by atoms with Crippen molar-refractivity contribution in [2.45, 2.75) is 70.4 Å². The summed E-state index contributed by atoms with van der Waals surface area (Å²) >= 11 is 5.94. The molecule has 6 heteroatoms. The molecular weight excluding hydrogens is 314 g/mol. The Balaban J connectivity index is 1.52. The number of carbonyl (C=O) groups excluding carboxylic acids is 1. The van der Waals surface area contributed by atoms with Gasteiger partial charge in [-0.25, -0.2) is 0 Å². The second-order valence-corrected chi connectivity index (χ2v) is 7.23. The van der Waals surface area contributed by atoms with Gasteiger partial charge in [0.15, 0.2) is 0 Å². The number of nitrogens with zero attached hydrogens (tertiary/aromatic N) is 2. The van der Waals surface area contributed by atoms with Crippen molar-refractivity contribution in [2.75, 3.05) is 13.1 Å². The Hall–Kier alpha value is -1.07. The van der Waals surface area contributed by atoms with Crippen molar-refractivity contribution in [3.05, 3.63) is 16.5 Å². The lowest BCUT2D eigenvalue weighted by molar-refractivity contribution is -0.121. The fourth-order valence-corrected chi connectivity index (χ4v) is 4.14. The summed E-state index contributed by atoms with van der Waals surface area (Å²) < 4.78 is 4.91. The van der Waals surface area contributed by atoms with Crippen LogP contribution in [-0.4, -0.2) is 41.1 Å². The summed E-state index contributed by atoms with van der Waals surface area (Å²) in [6.07, 6.45) is 9.18. The van der Waals surface area contributed by atoms with Gasteiger partial charge in [-0.05, 0) is 50.8 Å². The number of aromatic nitrogens is 1. The molecule has 0 bridgehead atoms. The van der Waals surface area contributed by atoms with Crippen molar-refractivity contribution >= 4 is 17.5 Å². The summed E-state index contributed by atoms with van der Waals surface area (Å²) in [5.74, 6) is 0.00805. The van der Waals surface area contributed by atoms with E-state index in [4.69, 9.17) is 16.1 Å². The average Bonchev–Trinajstić information content (AvgIpc) is 2.88. The van der Waals surface area contributed by atoms with E-state index in [1.807, 2.05) is 6.92 Å². The third-order valence-corrected chi connectivity index (χ3v) is 5.48. The third-order valence-electron chi connectivity index (χ3n) is 5.18. The van der Waals surface area contributed by atoms with Crippen molar-refractivity contribution in [3.8, 4) is 0 Å². The minimum Gasteiger partial charge on any atom is -0.352 e. The molecule has 3 rings (SSSR count). The summed E-state index contributed by atoms with van der Waals surface area (Å²) in [5, 5.41) is 7.19. The van der Waals surface area contributed by atoms with Crippen LogP contribution in [0.2, 0.25) is 5.22 Å². The van der Waals surface area contributed by atoms with Crippen LogP contribution in [-0.2, 0) is 11.2 Å². The number of hydrogen-bond acceptors (Lipinski definition) is 4. The van der Waals surface area contributed by atoms with Crippen LogP contribution in [0.15, 0.2) is 4.52 Å². The molecule has 0 unspecified atom stereocenters. The molecule has 5 nitrogen and oxygen atoms in total. The van der Waals surface area contributed by atoms with Gasteiger partial charge >= 0.3 is 0 Å². The van der Waals surface area contributed by atoms with E-state index < -0.39 is 0 Å². The molecular formula is C17H26ClN3O2. The van der Waals surface area contributed by atoms with Gasteiger partial charge in [-0.1, -0.05) is 24.4 Å². The maximum absolute atomic E-state index is 12.3. The Morgan fingerprint density at radius 2 is 2.09 bits per heavy atom. The number of rotatable bonds is 4. The van der Waals surface area contributed by atoms with Crippen LogP contribution in [0.1, 0.15) is 56.2 Å². The summed E-state index contributed by atoms with van der Waals surface area (Å²) in [6.45, 7) is 3.96. The van der Waals surface area contributed by atoms with E-state index in [1.54, 1.807) is 0 Å². The first-order valence-electron chi connectivity index (χ1n) is 8.77. The van der Waals surface area contributed by atoms with Crippen LogP contribution in [0.5, 0.6) is 0 Å². The SMILES string of the molecule is Cc1noc(Cl)c1CC(=O)N[C@H]1CCCN(C2CCCCC2)C1. The molecule has 1 N–H and O–H groups in total. The first-order valence-corrected chi connectivity index (χ1v) is 9.15. The van der Waals surface area contributed by atoms with Gasteiger partial charge in [-0.3, -0.25) is 9.69 Å². The number of nitrogens with one attached hydrogen (secondary N) is 1. The Morgan fingerprint density at radius 1 is 1.30 bits per heavy atom. The van der Waals surface area contributed by atoms with Gasteiger partial charge < -0.3 is 9.84 Å². The number of hydrogen-bond donors (Lipinski definition) is 1. The molecule has 23 heavy (non-hydrogen) atoms. The van der Waals surface area contributed by atoms with Gasteiger partial charge in [0.25, 0.3) is 0 Å². The average molecular weight is 340 g/mol. The first-order chi connectivity index (χ1) is 11.1. The molecule has 0 spiro atoms. The number of amides is 1. The second-order valence-electron chi connectivity index (χ2n) is 6.89. The molecule has 2 fully saturated rings. The lowest BCUT2D eigenvalue weighted by Crippen LogP contribution is -2.51. The highest BCUT2D eigenvalue weighted by atomic mass is 35.5. The van der Waals surface area contributed by atoms with Crippen molar-refractivity contribution in [3.63, 3.8) is 0 Å². The number of likely N-dealkylation sites (tertiary alicyclic amines) is 1. The minimum absolute atomic E-state index is 0.00805. The topological polar surface area (TPSA) is 58.4 Å². The lowest BCUT2D eigenvalue weighted by atomic mass is 9.92. The Labute approximate surface area is 142 Å². The van der Waals surface area contributed by atoms with Crippen molar-refractivity contribution in [1.82, 2.24) is 15.4 Å². The summed E-state index contributed by atoms with van der Waals surface area (Å²) in [7, 11) is 0. The van der Waals surface area contributed by atoms with E-state index in [-0.39, 0.29) is 23.6 Å². The zero-order chi connectivity index (χ0) is 16.2. The first kappa shape index (κ1) is 16.8. The third kappa shape index (κ3) is 4.27. The largest absolute Gasteiger partial charge is 0.352 e. The normalized spacial score (nSPS) is 23.8. The molecule has 1 aromatic rings. The molecule has 2 heterocycles. The Kier molecular flexibility index (Phi) is 5.59. The summed E-state index contributed by atoms with van der Waals surface area (Å²) in [5.41, 5.74) is 1.39. The fourth-order valence-electron chi connectivity index (χ4n) is 3.90. The molecule has 1 amide bonds. The highest BCUT2D eigenvalue weighted by Crippen LogP contribution is 2.25. The van der Waals surface area contributed by atoms with Crippen LogP contribution >= 0.6 is 11.6 Å². The monoisotopic (exact) mass is 339 g/mol. The fraction of sp³-hybridized carbons (Fsp3) is 0.765. The van der Waals surface area contributed by atoms with Gasteiger partial charge in [0, 0.05) is 24.2 Å². The van der Waals surface area contributed by atoms with Crippen LogP contribution in [0.3, 0.4) is 0 Å². The quantitative estimate of drug-likeness (QED) is 0.915. The van der Waals surface area contributed by atoms with E-state index >= 15 is 0 Å². The van der Waals surface area contributed by atoms with Crippen LogP contribution in [0, 0.1) is 6.92 Å². The van der Waals surface area contributed by atoms with Crippen molar-refractivity contribution in [1.29, 1.82) is 0 Å². The molecule has 1 aromatic heterocycles. The predicted octanol–water partition coefficient (Wildman–Crippen LogP) is 3.09. The van der Waals surface area contributed by atoms with Gasteiger partial charge in [0.2, 0.25) is 11.1 Å². The zero-order valence-corrected chi connectivity index (χ0v) is 14.6. The Morgan fingerprint density at radius 3 is 2.78 bits per heavy atom. The summed E-state index contributed by atoms with van der Waals surface area (Å²) in [6, 6.07) is 0.968. The molecule has 1 saturated heterocycles. The van der Waals surface area contributed by atoms with Crippen LogP contribution in [0.4, 0.5) is 0 Å². The second kappa shape index (κ2) is 7.67. The van der Waals surface area contributed by atoms with E-state index in [9.17, 15) is 4.79 Å². The standard InChI is InChI=1S/C17H26ClN3O2/c1-12-15(17(18)23-20-12)10-16(22)19-13-6-5-9-21(11-13)14-7-3-2-4-8-14/h13-14H,2-11H2,1H3,(H,19,22)/t13-/m0/s1. The minimum atomic E-state index is 0.00805. The van der Waals surface area contributed by atoms with E-state index in [1.165, 1.54) is 38.6 Å². The Bertz CT molecular complexity index is 520. The maximum Gasteiger partial charge on any atom is 0.229 e. The van der Waals surface area contributed by atoms with Crippen molar-refractivity contribution < 1.29 is 9.32 Å². The number of aryl methyl sites for hydroxylation is 1. The highest BCUT2D eigenvalue weighted by molar-refractivity contribution is 6.29. The predicted molar refractivity (Wildman–Crippen MR) is 89.6 cm³/mol. The number of halogens is 1. The molecule has 1 atom stereocenters. The van der Waals surface area contributed by atoms with E-state index in [0.29, 0.717) is 11.3 Å². The molecule has 0 radical (unpaired) electrons. The van der Waals surface area contributed by atoms with E-state index in [0.717, 1.165) is 25.4 Å².